The van der Waals surface area contributed by atoms with Crippen LogP contribution < -0.4 is 21.2 Å². The van der Waals surface area contributed by atoms with E-state index in [1.54, 1.807) is 12.1 Å². The molecular formula is C25H36IO6+. The maximum atomic E-state index is 12.7. The Labute approximate surface area is 202 Å². The monoisotopic (exact) mass is 559 g/mol. The molecule has 0 heterocycles. The first kappa shape index (κ1) is 26.6. The summed E-state index contributed by atoms with van der Waals surface area (Å²) in [7, 11) is 0. The van der Waals surface area contributed by atoms with Crippen molar-refractivity contribution < 1.29 is 49.8 Å². The topological polar surface area (TPSA) is 78.9 Å². The molecule has 1 aliphatic rings. The van der Waals surface area contributed by atoms with Crippen molar-refractivity contribution in [2.75, 3.05) is 19.8 Å². The van der Waals surface area contributed by atoms with Gasteiger partial charge in [0.05, 0.1) is 13.2 Å². The largest absolute Gasteiger partial charge is 0.463 e. The molecule has 0 unspecified atom stereocenters. The van der Waals surface area contributed by atoms with Gasteiger partial charge in [-0.1, -0.05) is 64.5 Å². The van der Waals surface area contributed by atoms with Crippen molar-refractivity contribution in [1.82, 2.24) is 0 Å². The summed E-state index contributed by atoms with van der Waals surface area (Å²) < 4.78 is 16.3. The lowest BCUT2D eigenvalue weighted by Gasteiger charge is -2.08. The molecule has 6 nitrogen and oxygen atoms in total. The van der Waals surface area contributed by atoms with E-state index >= 15 is 0 Å². The summed E-state index contributed by atoms with van der Waals surface area (Å²) >= 11 is -0.768. The minimum absolute atomic E-state index is 0.128. The second-order valence-electron chi connectivity index (χ2n) is 8.09. The zero-order valence-electron chi connectivity index (χ0n) is 19.3. The average molecular weight is 559 g/mol. The molecule has 2 rings (SSSR count). The lowest BCUT2D eigenvalue weighted by atomic mass is 10.2. The van der Waals surface area contributed by atoms with Gasteiger partial charge in [-0.25, -0.2) is 14.4 Å². The van der Waals surface area contributed by atoms with Crippen LogP contribution in [0.25, 0.3) is 0 Å². The van der Waals surface area contributed by atoms with E-state index in [-0.39, 0.29) is 5.97 Å². The molecule has 0 saturated heterocycles. The number of hydrogen-bond acceptors (Lipinski definition) is 6. The molecule has 1 aromatic rings. The third kappa shape index (κ3) is 9.08. The molecule has 0 aliphatic heterocycles. The number of hydrogen-bond donors (Lipinski definition) is 0. The van der Waals surface area contributed by atoms with Gasteiger partial charge in [0.15, 0.2) is 6.61 Å². The summed E-state index contributed by atoms with van der Waals surface area (Å²) in [6.45, 7) is 4.68. The van der Waals surface area contributed by atoms with Gasteiger partial charge in [0.2, 0.25) is 3.57 Å². The molecule has 1 aromatic carbocycles. The summed E-state index contributed by atoms with van der Waals surface area (Å²) in [6, 6.07) is 7.20. The number of carbonyl (C=O) groups excluding carboxylic acids is 3. The minimum atomic E-state index is -0.768. The molecule has 0 bridgehead atoms. The van der Waals surface area contributed by atoms with Gasteiger partial charge in [-0.2, -0.15) is 0 Å². The van der Waals surface area contributed by atoms with Gasteiger partial charge in [0.1, 0.15) is 5.56 Å². The lowest BCUT2D eigenvalue weighted by molar-refractivity contribution is -0.665. The number of carbonyl (C=O) groups is 3. The van der Waals surface area contributed by atoms with Gasteiger partial charge in [0.25, 0.3) is 3.42 Å². The van der Waals surface area contributed by atoms with Crippen molar-refractivity contribution in [3.05, 3.63) is 33.4 Å². The van der Waals surface area contributed by atoms with Crippen molar-refractivity contribution in [3.8, 4) is 0 Å². The number of halogens is 1. The van der Waals surface area contributed by atoms with Crippen molar-refractivity contribution in [3.63, 3.8) is 0 Å². The molecule has 0 radical (unpaired) electrons. The van der Waals surface area contributed by atoms with Gasteiger partial charge < -0.3 is 14.2 Å². The molecule has 7 heteroatoms. The van der Waals surface area contributed by atoms with E-state index < -0.39 is 43.2 Å². The Kier molecular flexibility index (Phi) is 12.1. The SMILES string of the molecule is CCCCCCOC(=O)COC(=O)c1ccccc1[I+]C1(C(=O)OCCCCCC)CC1. The van der Waals surface area contributed by atoms with E-state index in [1.807, 2.05) is 12.1 Å². The van der Waals surface area contributed by atoms with Crippen LogP contribution in [-0.2, 0) is 23.8 Å². The molecule has 32 heavy (non-hydrogen) atoms. The van der Waals surface area contributed by atoms with E-state index in [2.05, 4.69) is 13.8 Å². The molecule has 1 saturated carbocycles. The van der Waals surface area contributed by atoms with E-state index in [4.69, 9.17) is 14.2 Å². The van der Waals surface area contributed by atoms with Gasteiger partial charge >= 0.3 is 39.1 Å². The van der Waals surface area contributed by atoms with Crippen molar-refractivity contribution >= 4 is 17.9 Å². The molecule has 1 fully saturated rings. The quantitative estimate of drug-likeness (QED) is 0.101. The molecule has 0 N–H and O–H groups in total. The number of ether oxygens (including phenoxy) is 3. The fourth-order valence-electron chi connectivity index (χ4n) is 3.13. The van der Waals surface area contributed by atoms with Crippen LogP contribution in [0.2, 0.25) is 0 Å². The van der Waals surface area contributed by atoms with Crippen LogP contribution in [0.1, 0.15) is 88.4 Å². The molecule has 1 aliphatic carbocycles. The summed E-state index contributed by atoms with van der Waals surface area (Å²) in [4.78, 5) is 37.1. The first-order valence-corrected chi connectivity index (χ1v) is 13.9. The van der Waals surface area contributed by atoms with Crippen molar-refractivity contribution in [2.45, 2.75) is 81.5 Å². The fraction of sp³-hybridized carbons (Fsp3) is 0.640. The Balaban J connectivity index is 1.83. The van der Waals surface area contributed by atoms with Gasteiger partial charge in [-0.05, 0) is 25.0 Å². The Morgan fingerprint density at radius 3 is 2.09 bits per heavy atom. The highest BCUT2D eigenvalue weighted by atomic mass is 127. The first-order chi connectivity index (χ1) is 15.5. The van der Waals surface area contributed by atoms with E-state index in [1.165, 1.54) is 0 Å². The number of benzene rings is 1. The molecular weight excluding hydrogens is 523 g/mol. The second-order valence-corrected chi connectivity index (χ2v) is 11.9. The van der Waals surface area contributed by atoms with Crippen LogP contribution in [-0.4, -0.2) is 41.2 Å². The Hall–Kier alpha value is -1.64. The average Bonchev–Trinajstić information content (AvgIpc) is 3.58. The molecule has 0 atom stereocenters. The highest BCUT2D eigenvalue weighted by molar-refractivity contribution is 5.90. The zero-order valence-corrected chi connectivity index (χ0v) is 21.5. The lowest BCUT2D eigenvalue weighted by Crippen LogP contribution is -3.67. The fourth-order valence-corrected chi connectivity index (χ4v) is 6.51. The summed E-state index contributed by atoms with van der Waals surface area (Å²) in [5, 5.41) is 0. The third-order valence-electron chi connectivity index (χ3n) is 5.24. The highest BCUT2D eigenvalue weighted by Crippen LogP contribution is 2.30. The van der Waals surface area contributed by atoms with Crippen LogP contribution in [0, 0.1) is 3.57 Å². The highest BCUT2D eigenvalue weighted by Gasteiger charge is 2.65. The summed E-state index contributed by atoms with van der Waals surface area (Å²) in [6.07, 6.45) is 9.94. The maximum absolute atomic E-state index is 12.7. The zero-order chi connectivity index (χ0) is 23.2. The van der Waals surface area contributed by atoms with Crippen molar-refractivity contribution in [1.29, 1.82) is 0 Å². The smallest absolute Gasteiger partial charge is 0.361 e. The van der Waals surface area contributed by atoms with Crippen LogP contribution in [0.4, 0.5) is 0 Å². The van der Waals surface area contributed by atoms with Crippen LogP contribution in [0.3, 0.4) is 0 Å². The molecule has 0 aromatic heterocycles. The third-order valence-corrected chi connectivity index (χ3v) is 9.32. The minimum Gasteiger partial charge on any atom is -0.463 e. The molecule has 0 spiro atoms. The number of unbranched alkanes of at least 4 members (excludes halogenated alkanes) is 6. The summed E-state index contributed by atoms with van der Waals surface area (Å²) in [5.74, 6) is -1.21. The van der Waals surface area contributed by atoms with Gasteiger partial charge in [-0.3, -0.25) is 0 Å². The van der Waals surface area contributed by atoms with Gasteiger partial charge in [-0.15, -0.1) is 0 Å². The number of rotatable bonds is 16. The maximum Gasteiger partial charge on any atom is 0.361 e. The van der Waals surface area contributed by atoms with E-state index in [9.17, 15) is 14.4 Å². The van der Waals surface area contributed by atoms with Crippen LogP contribution in [0.5, 0.6) is 0 Å². The number of esters is 3. The van der Waals surface area contributed by atoms with E-state index in [0.717, 1.165) is 67.8 Å². The Morgan fingerprint density at radius 2 is 1.47 bits per heavy atom. The van der Waals surface area contributed by atoms with Crippen LogP contribution >= 0.6 is 0 Å². The molecule has 0 amide bonds. The predicted octanol–water partition coefficient (Wildman–Crippen LogP) is 1.88. The van der Waals surface area contributed by atoms with Crippen molar-refractivity contribution in [2.24, 2.45) is 0 Å². The number of alkyl halides is 1. The van der Waals surface area contributed by atoms with Gasteiger partial charge in [0, 0.05) is 12.8 Å². The van der Waals surface area contributed by atoms with E-state index in [0.29, 0.717) is 18.8 Å². The summed E-state index contributed by atoms with van der Waals surface area (Å²) in [5.41, 5.74) is 0.429. The molecule has 178 valence electrons. The normalized spacial score (nSPS) is 13.9. The van der Waals surface area contributed by atoms with Crippen LogP contribution in [0.15, 0.2) is 24.3 Å². The Morgan fingerprint density at radius 1 is 0.844 bits per heavy atom. The standard InChI is InChI=1S/C25H36IO6/c1-3-5-7-11-17-30-22(27)19-32-23(28)20-13-9-10-14-21(20)26-25(15-16-25)24(29)31-18-12-8-6-4-2/h9-10,13-14H,3-8,11-12,15-19H2,1-2H3/q+1. The first-order valence-electron chi connectivity index (χ1n) is 11.8. The Bertz CT molecular complexity index is 744. The second kappa shape index (κ2) is 14.5. The predicted molar refractivity (Wildman–Crippen MR) is 118 cm³/mol.